The van der Waals surface area contributed by atoms with Crippen LogP contribution in [0.25, 0.3) is 0 Å². The van der Waals surface area contributed by atoms with Gasteiger partial charge in [-0.1, -0.05) is 36.4 Å². The van der Waals surface area contributed by atoms with Crippen molar-refractivity contribution in [1.82, 2.24) is 15.6 Å². The maximum atomic E-state index is 13.0. The van der Waals surface area contributed by atoms with Gasteiger partial charge in [-0.2, -0.15) is 0 Å². The van der Waals surface area contributed by atoms with Crippen molar-refractivity contribution in [1.29, 1.82) is 0 Å². The number of nitrogens with one attached hydrogen (secondary N) is 2. The number of aliphatic hydroxyl groups excluding tert-OH is 1. The topological polar surface area (TPSA) is 77.5 Å². The quantitative estimate of drug-likeness (QED) is 0.742. The number of hydrogen-bond acceptors (Lipinski definition) is 5. The van der Waals surface area contributed by atoms with Gasteiger partial charge in [-0.25, -0.2) is 4.98 Å². The van der Waals surface area contributed by atoms with Gasteiger partial charge in [0.15, 0.2) is 0 Å². The van der Waals surface area contributed by atoms with E-state index in [4.69, 9.17) is 0 Å². The molecule has 6 nitrogen and oxygen atoms in total. The maximum absolute atomic E-state index is 13.0. The second-order valence-corrected chi connectivity index (χ2v) is 7.11. The number of fused-ring (bicyclic) bond motifs is 1. The first-order valence-electron chi connectivity index (χ1n) is 9.08. The highest BCUT2D eigenvalue weighted by Gasteiger charge is 2.43. The number of likely N-dealkylation sites (N-methyl/N-ethyl adjacent to an activating group) is 1. The van der Waals surface area contributed by atoms with Crippen molar-refractivity contribution >= 4 is 24.1 Å². The molecule has 2 aromatic rings. The summed E-state index contributed by atoms with van der Waals surface area (Å²) in [4.78, 5) is 19.7. The van der Waals surface area contributed by atoms with Gasteiger partial charge in [-0.05, 0) is 36.6 Å². The van der Waals surface area contributed by atoms with Crippen LogP contribution in [0.3, 0.4) is 0 Å². The molecule has 0 aliphatic carbocycles. The number of nitrogens with zero attached hydrogens (tertiary/aromatic N) is 2. The molecule has 1 saturated heterocycles. The Kier molecular flexibility index (Phi) is 5.69. The average molecular weight is 389 g/mol. The maximum Gasteiger partial charge on any atom is 0.270 e. The van der Waals surface area contributed by atoms with Crippen LogP contribution in [0.15, 0.2) is 42.5 Å². The number of β-amino-alcohol motifs (C(OH)–C–C–N with tert-alkyl or cyclic N) is 1. The lowest BCUT2D eigenvalue weighted by Crippen LogP contribution is -2.61. The molecule has 1 fully saturated rings. The van der Waals surface area contributed by atoms with Crippen LogP contribution in [-0.4, -0.2) is 48.8 Å². The summed E-state index contributed by atoms with van der Waals surface area (Å²) in [6.45, 7) is 2.09. The van der Waals surface area contributed by atoms with Crippen molar-refractivity contribution in [2.75, 3.05) is 31.6 Å². The van der Waals surface area contributed by atoms with Crippen LogP contribution in [0, 0.1) is 0 Å². The monoisotopic (exact) mass is 388 g/mol. The molecule has 1 aromatic heterocycles. The lowest BCUT2D eigenvalue weighted by atomic mass is 9.79. The minimum atomic E-state index is -0.809. The number of benzene rings is 1. The van der Waals surface area contributed by atoms with E-state index in [1.807, 2.05) is 43.4 Å². The van der Waals surface area contributed by atoms with E-state index >= 15 is 0 Å². The third kappa shape index (κ3) is 3.52. The normalized spacial score (nSPS) is 24.1. The molecular weight excluding hydrogens is 364 g/mol. The molecular formula is C20H25ClN4O2. The third-order valence-electron chi connectivity index (χ3n) is 5.49. The van der Waals surface area contributed by atoms with Gasteiger partial charge in [0.05, 0.1) is 11.6 Å². The Labute approximate surface area is 165 Å². The molecule has 1 amide bonds. The Morgan fingerprint density at radius 3 is 2.81 bits per heavy atom. The van der Waals surface area contributed by atoms with Gasteiger partial charge in [0.2, 0.25) is 0 Å². The summed E-state index contributed by atoms with van der Waals surface area (Å²) in [5, 5.41) is 17.1. The molecule has 144 valence electrons. The fourth-order valence-electron chi connectivity index (χ4n) is 3.95. The molecule has 0 spiro atoms. The van der Waals surface area contributed by atoms with Gasteiger partial charge < -0.3 is 20.6 Å². The van der Waals surface area contributed by atoms with Crippen molar-refractivity contribution in [2.24, 2.45) is 0 Å². The number of carbonyl (C=O) groups excluding carboxylic acids is 1. The van der Waals surface area contributed by atoms with Crippen LogP contribution in [0.4, 0.5) is 5.82 Å². The van der Waals surface area contributed by atoms with Crippen molar-refractivity contribution in [3.05, 3.63) is 59.3 Å². The lowest BCUT2D eigenvalue weighted by molar-refractivity contribution is 0.0288. The summed E-state index contributed by atoms with van der Waals surface area (Å²) in [5.74, 6) is 0.621. The summed E-state index contributed by atoms with van der Waals surface area (Å²) >= 11 is 0. The number of pyridine rings is 1. The molecule has 3 heterocycles. The number of rotatable bonds is 3. The predicted molar refractivity (Wildman–Crippen MR) is 108 cm³/mol. The second-order valence-electron chi connectivity index (χ2n) is 7.11. The number of aromatic nitrogens is 1. The molecule has 4 rings (SSSR count). The zero-order chi connectivity index (χ0) is 18.1. The zero-order valence-electron chi connectivity index (χ0n) is 15.3. The molecule has 2 aliphatic rings. The Hall–Kier alpha value is -2.15. The number of aliphatic hydroxyl groups is 1. The van der Waals surface area contributed by atoms with Crippen LogP contribution in [0.1, 0.15) is 28.0 Å². The largest absolute Gasteiger partial charge is 0.389 e. The third-order valence-corrected chi connectivity index (χ3v) is 5.49. The summed E-state index contributed by atoms with van der Waals surface area (Å²) in [7, 11) is 1.99. The average Bonchev–Trinajstić information content (AvgIpc) is 3.05. The molecule has 2 aliphatic heterocycles. The fraction of sp³-hybridized carbons (Fsp3) is 0.400. The Morgan fingerprint density at radius 1 is 1.30 bits per heavy atom. The van der Waals surface area contributed by atoms with E-state index in [-0.39, 0.29) is 18.3 Å². The van der Waals surface area contributed by atoms with Crippen molar-refractivity contribution in [3.8, 4) is 0 Å². The number of amides is 1. The fourth-order valence-corrected chi connectivity index (χ4v) is 3.95. The minimum absolute atomic E-state index is 0. The van der Waals surface area contributed by atoms with Crippen LogP contribution in [0.2, 0.25) is 0 Å². The van der Waals surface area contributed by atoms with E-state index in [0.29, 0.717) is 18.7 Å². The highest BCUT2D eigenvalue weighted by Crippen LogP contribution is 2.32. The van der Waals surface area contributed by atoms with Gasteiger partial charge in [-0.3, -0.25) is 4.79 Å². The molecule has 0 bridgehead atoms. The minimum Gasteiger partial charge on any atom is -0.389 e. The van der Waals surface area contributed by atoms with E-state index in [1.54, 1.807) is 6.07 Å². The van der Waals surface area contributed by atoms with Gasteiger partial charge in [-0.15, -0.1) is 12.4 Å². The van der Waals surface area contributed by atoms with Gasteiger partial charge in [0.1, 0.15) is 11.5 Å². The van der Waals surface area contributed by atoms with E-state index in [1.165, 1.54) is 5.56 Å². The number of hydrogen-bond donors (Lipinski definition) is 3. The van der Waals surface area contributed by atoms with Gasteiger partial charge in [0.25, 0.3) is 5.91 Å². The molecule has 27 heavy (non-hydrogen) atoms. The van der Waals surface area contributed by atoms with E-state index in [0.717, 1.165) is 30.9 Å². The van der Waals surface area contributed by atoms with Crippen molar-refractivity contribution < 1.29 is 9.90 Å². The summed E-state index contributed by atoms with van der Waals surface area (Å²) in [6, 6.07) is 13.5. The van der Waals surface area contributed by atoms with E-state index in [9.17, 15) is 9.90 Å². The van der Waals surface area contributed by atoms with Crippen LogP contribution in [0.5, 0.6) is 0 Å². The highest BCUT2D eigenvalue weighted by atomic mass is 35.5. The SMILES string of the molecule is CN1CCc2ccc(C(=O)N[C@@]3(c4ccccc4)CCNC[C@H]3O)nc21.Cl. The van der Waals surface area contributed by atoms with Gasteiger partial charge >= 0.3 is 0 Å². The molecule has 0 saturated carbocycles. The Bertz CT molecular complexity index is 817. The smallest absolute Gasteiger partial charge is 0.270 e. The highest BCUT2D eigenvalue weighted by molar-refractivity contribution is 5.93. The summed E-state index contributed by atoms with van der Waals surface area (Å²) in [6.07, 6.45) is 0.869. The molecule has 0 unspecified atom stereocenters. The molecule has 0 radical (unpaired) electrons. The second kappa shape index (κ2) is 7.84. The summed E-state index contributed by atoms with van der Waals surface area (Å²) < 4.78 is 0. The first-order chi connectivity index (χ1) is 12.6. The summed E-state index contributed by atoms with van der Waals surface area (Å²) in [5.41, 5.74) is 1.67. The van der Waals surface area contributed by atoms with Crippen molar-refractivity contribution in [3.63, 3.8) is 0 Å². The predicted octanol–water partition coefficient (Wildman–Crippen LogP) is 1.48. The molecule has 7 heteroatoms. The van der Waals surface area contributed by atoms with Crippen LogP contribution >= 0.6 is 12.4 Å². The van der Waals surface area contributed by atoms with E-state index < -0.39 is 11.6 Å². The number of carbonyl (C=O) groups is 1. The van der Waals surface area contributed by atoms with Crippen molar-refractivity contribution in [2.45, 2.75) is 24.5 Å². The Morgan fingerprint density at radius 2 is 2.07 bits per heavy atom. The number of piperidine rings is 1. The molecule has 1 aromatic carbocycles. The first kappa shape index (κ1) is 19.6. The molecule has 2 atom stereocenters. The number of halogens is 1. The Balaban J connectivity index is 0.00000210. The zero-order valence-corrected chi connectivity index (χ0v) is 16.1. The molecule has 3 N–H and O–H groups in total. The van der Waals surface area contributed by atoms with Crippen LogP contribution in [-0.2, 0) is 12.0 Å². The van der Waals surface area contributed by atoms with Crippen LogP contribution < -0.4 is 15.5 Å². The van der Waals surface area contributed by atoms with E-state index in [2.05, 4.69) is 20.5 Å². The first-order valence-corrected chi connectivity index (χ1v) is 9.08. The lowest BCUT2D eigenvalue weighted by Gasteiger charge is -2.42. The standard InChI is InChI=1S/C20H24N4O2.ClH/c1-24-12-9-14-7-8-16(22-18(14)24)19(26)23-20(10-11-21-13-17(20)25)15-5-3-2-4-6-15;/h2-8,17,21,25H,9-13H2,1H3,(H,23,26);1H/t17-,20-;/m1./s1. The number of anilines is 1. The van der Waals surface area contributed by atoms with Gasteiger partial charge in [0, 0.05) is 20.1 Å².